The summed E-state index contributed by atoms with van der Waals surface area (Å²) in [5, 5.41) is 4.95. The van der Waals surface area contributed by atoms with Crippen molar-refractivity contribution in [3.8, 4) is 17.2 Å². The van der Waals surface area contributed by atoms with Crippen LogP contribution in [0.25, 0.3) is 15.9 Å². The molecular formula is C27H28N4O4S. The Morgan fingerprint density at radius 1 is 1.06 bits per heavy atom. The molecule has 2 aromatic carbocycles. The molecule has 1 N–H and O–H groups in total. The number of fused-ring (bicyclic) bond motifs is 1. The Morgan fingerprint density at radius 3 is 2.53 bits per heavy atom. The molecule has 9 heteroatoms. The van der Waals surface area contributed by atoms with Gasteiger partial charge in [0.15, 0.2) is 0 Å². The Bertz CT molecular complexity index is 1420. The molecule has 0 saturated carbocycles. The normalized spacial score (nSPS) is 14.1. The van der Waals surface area contributed by atoms with Crippen LogP contribution in [0.15, 0.2) is 64.8 Å². The molecule has 1 aliphatic heterocycles. The van der Waals surface area contributed by atoms with Crippen LogP contribution < -0.4 is 25.2 Å². The van der Waals surface area contributed by atoms with Gasteiger partial charge in [0.05, 0.1) is 25.4 Å². The highest BCUT2D eigenvalue weighted by Gasteiger charge is 2.28. The van der Waals surface area contributed by atoms with Gasteiger partial charge in [0.2, 0.25) is 11.9 Å². The quantitative estimate of drug-likeness (QED) is 0.410. The molecule has 0 spiro atoms. The van der Waals surface area contributed by atoms with Gasteiger partial charge in [-0.05, 0) is 54.1 Å². The topological polar surface area (TPSA) is 85.7 Å². The van der Waals surface area contributed by atoms with Gasteiger partial charge < -0.3 is 19.7 Å². The van der Waals surface area contributed by atoms with E-state index in [0.717, 1.165) is 11.3 Å². The molecule has 4 aromatic rings. The fourth-order valence-electron chi connectivity index (χ4n) is 4.51. The zero-order valence-electron chi connectivity index (χ0n) is 20.3. The molecule has 0 unspecified atom stereocenters. The lowest BCUT2D eigenvalue weighted by molar-refractivity contribution is -0.125. The molecule has 0 bridgehead atoms. The van der Waals surface area contributed by atoms with Crippen molar-refractivity contribution in [3.63, 3.8) is 0 Å². The number of anilines is 1. The lowest BCUT2D eigenvalue weighted by atomic mass is 9.96. The fourth-order valence-corrected chi connectivity index (χ4v) is 5.27. The smallest absolute Gasteiger partial charge is 0.277 e. The van der Waals surface area contributed by atoms with Gasteiger partial charge in [-0.2, -0.15) is 0 Å². The van der Waals surface area contributed by atoms with Crippen molar-refractivity contribution in [2.45, 2.75) is 19.4 Å². The van der Waals surface area contributed by atoms with Gasteiger partial charge in [-0.1, -0.05) is 18.2 Å². The monoisotopic (exact) mass is 504 g/mol. The van der Waals surface area contributed by atoms with E-state index in [-0.39, 0.29) is 17.4 Å². The third kappa shape index (κ3) is 4.79. The summed E-state index contributed by atoms with van der Waals surface area (Å²) >= 11 is 1.39. The van der Waals surface area contributed by atoms with Crippen LogP contribution in [0, 0.1) is 5.92 Å². The van der Waals surface area contributed by atoms with Gasteiger partial charge in [-0.3, -0.25) is 9.59 Å². The van der Waals surface area contributed by atoms with E-state index in [0.29, 0.717) is 60.1 Å². The number of hydrogen-bond acceptors (Lipinski definition) is 7. The zero-order chi connectivity index (χ0) is 25.1. The number of piperidine rings is 1. The van der Waals surface area contributed by atoms with E-state index >= 15 is 0 Å². The minimum atomic E-state index is -0.0994. The molecule has 8 nitrogen and oxygen atoms in total. The lowest BCUT2D eigenvalue weighted by Crippen LogP contribution is -2.42. The van der Waals surface area contributed by atoms with Crippen molar-refractivity contribution >= 4 is 33.4 Å². The molecule has 2 aromatic heterocycles. The van der Waals surface area contributed by atoms with Crippen LogP contribution in [0.1, 0.15) is 18.4 Å². The summed E-state index contributed by atoms with van der Waals surface area (Å²) < 4.78 is 12.8. The van der Waals surface area contributed by atoms with E-state index in [2.05, 4.69) is 10.2 Å². The molecule has 3 heterocycles. The average molecular weight is 505 g/mol. The first-order chi connectivity index (χ1) is 17.6. The van der Waals surface area contributed by atoms with Crippen LogP contribution >= 0.6 is 11.3 Å². The number of ether oxygens (including phenoxy) is 2. The Labute approximate surface area is 213 Å². The SMILES string of the molecule is COc1ccc(CNC(=O)C2CCN(c3nc4ccsc4c(=O)n3-c3cccc(OC)c3)CC2)cc1. The Balaban J connectivity index is 1.33. The summed E-state index contributed by atoms with van der Waals surface area (Å²) in [6.45, 7) is 1.74. The van der Waals surface area contributed by atoms with Crippen molar-refractivity contribution in [2.75, 3.05) is 32.2 Å². The van der Waals surface area contributed by atoms with Gasteiger partial charge in [0, 0.05) is 31.6 Å². The highest BCUT2D eigenvalue weighted by molar-refractivity contribution is 7.17. The first-order valence-electron chi connectivity index (χ1n) is 11.9. The maximum atomic E-state index is 13.5. The zero-order valence-corrected chi connectivity index (χ0v) is 21.1. The predicted octanol–water partition coefficient (Wildman–Crippen LogP) is 4.00. The number of amides is 1. The van der Waals surface area contributed by atoms with E-state index in [1.165, 1.54) is 11.3 Å². The Morgan fingerprint density at radius 2 is 1.81 bits per heavy atom. The molecule has 1 saturated heterocycles. The number of benzene rings is 2. The maximum absolute atomic E-state index is 13.5. The molecule has 0 atom stereocenters. The van der Waals surface area contributed by atoms with Crippen molar-refractivity contribution < 1.29 is 14.3 Å². The van der Waals surface area contributed by atoms with Crippen LogP contribution in [-0.2, 0) is 11.3 Å². The average Bonchev–Trinajstić information content (AvgIpc) is 3.41. The molecule has 5 rings (SSSR count). The largest absolute Gasteiger partial charge is 0.497 e. The number of thiophene rings is 1. The van der Waals surface area contributed by atoms with Crippen LogP contribution in [0.2, 0.25) is 0 Å². The number of nitrogens with one attached hydrogen (secondary N) is 1. The van der Waals surface area contributed by atoms with Gasteiger partial charge in [-0.25, -0.2) is 9.55 Å². The minimum absolute atomic E-state index is 0.0527. The standard InChI is InChI=1S/C27H28N4O4S/c1-34-21-8-6-18(7-9-21)17-28-25(32)19-10-13-30(14-11-19)27-29-23-12-15-36-24(23)26(33)31(27)20-4-3-5-22(16-20)35-2/h3-9,12,15-16,19H,10-11,13-14,17H2,1-2H3,(H,28,32). The van der Waals surface area contributed by atoms with Gasteiger partial charge >= 0.3 is 0 Å². The highest BCUT2D eigenvalue weighted by Crippen LogP contribution is 2.27. The minimum Gasteiger partial charge on any atom is -0.497 e. The number of nitrogens with zero attached hydrogens (tertiary/aromatic N) is 3. The number of carbonyl (C=O) groups excluding carboxylic acids is 1. The first kappa shape index (κ1) is 23.9. The molecule has 0 aliphatic carbocycles. The van der Waals surface area contributed by atoms with E-state index in [1.54, 1.807) is 18.8 Å². The first-order valence-corrected chi connectivity index (χ1v) is 12.8. The molecule has 0 radical (unpaired) electrons. The third-order valence-corrected chi connectivity index (χ3v) is 7.44. The summed E-state index contributed by atoms with van der Waals surface area (Å²) in [5.74, 6) is 2.03. The highest BCUT2D eigenvalue weighted by atomic mass is 32.1. The van der Waals surface area contributed by atoms with E-state index in [4.69, 9.17) is 14.5 Å². The molecular weight excluding hydrogens is 476 g/mol. The molecule has 1 aliphatic rings. The lowest BCUT2D eigenvalue weighted by Gasteiger charge is -2.33. The van der Waals surface area contributed by atoms with Crippen molar-refractivity contribution in [2.24, 2.45) is 5.92 Å². The molecule has 186 valence electrons. The third-order valence-electron chi connectivity index (χ3n) is 6.55. The van der Waals surface area contributed by atoms with Crippen LogP contribution in [0.5, 0.6) is 11.5 Å². The Kier molecular flexibility index (Phi) is 6.90. The molecule has 1 fully saturated rings. The van der Waals surface area contributed by atoms with Gasteiger partial charge in [-0.15, -0.1) is 11.3 Å². The number of hydrogen-bond donors (Lipinski definition) is 1. The second-order valence-corrected chi connectivity index (χ2v) is 9.63. The van der Waals surface area contributed by atoms with Crippen molar-refractivity contribution in [1.82, 2.24) is 14.9 Å². The van der Waals surface area contributed by atoms with E-state index in [9.17, 15) is 9.59 Å². The van der Waals surface area contributed by atoms with E-state index in [1.807, 2.05) is 60.0 Å². The fraction of sp³-hybridized carbons (Fsp3) is 0.296. The van der Waals surface area contributed by atoms with Gasteiger partial charge in [0.25, 0.3) is 5.56 Å². The van der Waals surface area contributed by atoms with Crippen molar-refractivity contribution in [3.05, 3.63) is 75.9 Å². The second-order valence-electron chi connectivity index (χ2n) is 8.72. The molecule has 36 heavy (non-hydrogen) atoms. The molecule has 1 amide bonds. The number of carbonyl (C=O) groups is 1. The van der Waals surface area contributed by atoms with Crippen LogP contribution in [-0.4, -0.2) is 42.8 Å². The predicted molar refractivity (Wildman–Crippen MR) is 142 cm³/mol. The second kappa shape index (κ2) is 10.4. The number of methoxy groups -OCH3 is 2. The number of aromatic nitrogens is 2. The summed E-state index contributed by atoms with van der Waals surface area (Å²) in [4.78, 5) is 33.3. The summed E-state index contributed by atoms with van der Waals surface area (Å²) in [5.41, 5.74) is 2.32. The Hall–Kier alpha value is -3.85. The van der Waals surface area contributed by atoms with Crippen LogP contribution in [0.4, 0.5) is 5.95 Å². The maximum Gasteiger partial charge on any atom is 0.277 e. The van der Waals surface area contributed by atoms with Gasteiger partial charge in [0.1, 0.15) is 16.2 Å². The van der Waals surface area contributed by atoms with Crippen molar-refractivity contribution in [1.29, 1.82) is 0 Å². The van der Waals surface area contributed by atoms with E-state index < -0.39 is 0 Å². The van der Waals surface area contributed by atoms with Crippen LogP contribution in [0.3, 0.4) is 0 Å². The summed E-state index contributed by atoms with van der Waals surface area (Å²) in [7, 11) is 3.24. The summed E-state index contributed by atoms with van der Waals surface area (Å²) in [6.07, 6.45) is 1.37. The number of rotatable bonds is 7. The summed E-state index contributed by atoms with van der Waals surface area (Å²) in [6, 6.07) is 17.0.